The molecule has 1 atom stereocenters. The van der Waals surface area contributed by atoms with Crippen LogP contribution in [0, 0.1) is 0 Å². The molecule has 0 aliphatic carbocycles. The molecule has 3 amide bonds. The van der Waals surface area contributed by atoms with Crippen LogP contribution in [0.2, 0.25) is 0 Å². The van der Waals surface area contributed by atoms with Gasteiger partial charge in [-0.2, -0.15) is 0 Å². The molecule has 1 aliphatic rings. The van der Waals surface area contributed by atoms with E-state index in [4.69, 9.17) is 0 Å². The van der Waals surface area contributed by atoms with Crippen LogP contribution in [-0.4, -0.2) is 30.0 Å². The van der Waals surface area contributed by atoms with Gasteiger partial charge in [-0.05, 0) is 36.6 Å². The average Bonchev–Trinajstić information content (AvgIpc) is 2.72. The maximum atomic E-state index is 12.3. The molecule has 2 aromatic rings. The van der Waals surface area contributed by atoms with Crippen molar-refractivity contribution in [1.29, 1.82) is 0 Å². The van der Waals surface area contributed by atoms with E-state index in [1.807, 2.05) is 24.5 Å². The van der Waals surface area contributed by atoms with Gasteiger partial charge in [0.15, 0.2) is 0 Å². The van der Waals surface area contributed by atoms with Crippen molar-refractivity contribution in [3.8, 4) is 0 Å². The Labute approximate surface area is 149 Å². The fraction of sp³-hybridized carbons (Fsp3) is 0.167. The minimum Gasteiger partial charge on any atom is -0.340 e. The summed E-state index contributed by atoms with van der Waals surface area (Å²) < 4.78 is 0. The summed E-state index contributed by atoms with van der Waals surface area (Å²) in [5, 5.41) is 8.05. The van der Waals surface area contributed by atoms with Crippen LogP contribution in [0.5, 0.6) is 0 Å². The van der Waals surface area contributed by atoms with Gasteiger partial charge in [0.1, 0.15) is 6.04 Å². The van der Waals surface area contributed by atoms with Crippen molar-refractivity contribution in [2.45, 2.75) is 17.4 Å². The molecule has 0 aromatic heterocycles. The lowest BCUT2D eigenvalue weighted by Crippen LogP contribution is -2.43. The molecule has 2 aromatic carbocycles. The van der Waals surface area contributed by atoms with Crippen LogP contribution in [-0.2, 0) is 9.59 Å². The molecule has 1 aliphatic heterocycles. The molecule has 0 bridgehead atoms. The Bertz CT molecular complexity index is 838. The van der Waals surface area contributed by atoms with Crippen molar-refractivity contribution in [2.24, 2.45) is 0 Å². The van der Waals surface area contributed by atoms with Crippen LogP contribution in [0.3, 0.4) is 0 Å². The molecular weight excluding hydrogens is 338 g/mol. The number of hydrogen-bond acceptors (Lipinski definition) is 4. The first-order valence-corrected chi connectivity index (χ1v) is 8.94. The highest BCUT2D eigenvalue weighted by Gasteiger charge is 2.29. The maximum Gasteiger partial charge on any atom is 0.254 e. The number of carbonyl (C=O) groups excluding carboxylic acids is 3. The molecule has 1 unspecified atom stereocenters. The second-order valence-corrected chi connectivity index (χ2v) is 6.42. The minimum absolute atomic E-state index is 0.144. The molecule has 0 saturated heterocycles. The van der Waals surface area contributed by atoms with Gasteiger partial charge in [0.25, 0.3) is 5.91 Å². The first-order chi connectivity index (χ1) is 12.1. The van der Waals surface area contributed by atoms with Gasteiger partial charge in [0, 0.05) is 10.6 Å². The summed E-state index contributed by atoms with van der Waals surface area (Å²) in [6.45, 7) is 0. The zero-order valence-corrected chi connectivity index (χ0v) is 14.4. The Morgan fingerprint density at radius 2 is 1.96 bits per heavy atom. The van der Waals surface area contributed by atoms with E-state index >= 15 is 0 Å². The fourth-order valence-corrected chi connectivity index (χ4v) is 3.01. The van der Waals surface area contributed by atoms with Crippen LogP contribution in [0.15, 0.2) is 53.4 Å². The van der Waals surface area contributed by atoms with Crippen molar-refractivity contribution in [2.75, 3.05) is 16.9 Å². The number of carbonyl (C=O) groups is 3. The zero-order chi connectivity index (χ0) is 17.8. The largest absolute Gasteiger partial charge is 0.340 e. The van der Waals surface area contributed by atoms with E-state index in [9.17, 15) is 14.4 Å². The number of anilines is 2. The van der Waals surface area contributed by atoms with E-state index in [1.165, 1.54) is 0 Å². The van der Waals surface area contributed by atoms with E-state index in [1.54, 1.807) is 42.1 Å². The van der Waals surface area contributed by atoms with Crippen LogP contribution in [0.4, 0.5) is 11.4 Å². The van der Waals surface area contributed by atoms with Gasteiger partial charge >= 0.3 is 0 Å². The van der Waals surface area contributed by atoms with E-state index in [0.29, 0.717) is 16.9 Å². The second kappa shape index (κ2) is 7.40. The van der Waals surface area contributed by atoms with Crippen LogP contribution >= 0.6 is 11.8 Å². The van der Waals surface area contributed by atoms with E-state index in [-0.39, 0.29) is 18.2 Å². The molecular formula is C18H17N3O3S. The highest BCUT2D eigenvalue weighted by Crippen LogP contribution is 2.21. The average molecular weight is 355 g/mol. The molecule has 6 nitrogen and oxygen atoms in total. The van der Waals surface area contributed by atoms with Gasteiger partial charge < -0.3 is 16.0 Å². The molecule has 0 saturated carbocycles. The highest BCUT2D eigenvalue weighted by molar-refractivity contribution is 7.98. The molecule has 25 heavy (non-hydrogen) atoms. The lowest BCUT2D eigenvalue weighted by atomic mass is 10.1. The smallest absolute Gasteiger partial charge is 0.254 e. The molecule has 3 rings (SSSR count). The number of amides is 3. The van der Waals surface area contributed by atoms with E-state index in [2.05, 4.69) is 16.0 Å². The second-order valence-electron chi connectivity index (χ2n) is 5.55. The predicted molar refractivity (Wildman–Crippen MR) is 97.8 cm³/mol. The third-order valence-electron chi connectivity index (χ3n) is 3.79. The minimum atomic E-state index is -0.927. The SMILES string of the molecule is CSc1cccc(NC(=O)CC2NC(=O)c3ccccc3NC2=O)c1. The van der Waals surface area contributed by atoms with Crippen molar-refractivity contribution in [3.05, 3.63) is 54.1 Å². The quantitative estimate of drug-likeness (QED) is 0.736. The van der Waals surface area contributed by atoms with Gasteiger partial charge in [0.2, 0.25) is 11.8 Å². The van der Waals surface area contributed by atoms with Crippen molar-refractivity contribution >= 4 is 40.9 Å². The molecule has 0 fully saturated rings. The summed E-state index contributed by atoms with van der Waals surface area (Å²) >= 11 is 1.57. The Balaban J connectivity index is 1.69. The third kappa shape index (κ3) is 4.00. The van der Waals surface area contributed by atoms with Gasteiger partial charge in [-0.3, -0.25) is 14.4 Å². The summed E-state index contributed by atoms with van der Waals surface area (Å²) in [5.74, 6) is -1.13. The lowest BCUT2D eigenvalue weighted by molar-refractivity contribution is -0.122. The zero-order valence-electron chi connectivity index (χ0n) is 13.5. The van der Waals surface area contributed by atoms with Gasteiger partial charge in [0.05, 0.1) is 17.7 Å². The molecule has 0 spiro atoms. The first-order valence-electron chi connectivity index (χ1n) is 7.71. The number of fused-ring (bicyclic) bond motifs is 1. The van der Waals surface area contributed by atoms with Crippen LogP contribution in [0.1, 0.15) is 16.8 Å². The number of benzene rings is 2. The lowest BCUT2D eigenvalue weighted by Gasteiger charge is -2.14. The number of para-hydroxylation sites is 1. The predicted octanol–water partition coefficient (Wildman–Crippen LogP) is 2.49. The maximum absolute atomic E-state index is 12.3. The Morgan fingerprint density at radius 3 is 2.76 bits per heavy atom. The highest BCUT2D eigenvalue weighted by atomic mass is 32.2. The molecule has 7 heteroatoms. The van der Waals surface area contributed by atoms with Crippen molar-refractivity contribution < 1.29 is 14.4 Å². The molecule has 3 N–H and O–H groups in total. The van der Waals surface area contributed by atoms with Crippen LogP contribution in [0.25, 0.3) is 0 Å². The van der Waals surface area contributed by atoms with Crippen molar-refractivity contribution in [1.82, 2.24) is 5.32 Å². The summed E-state index contributed by atoms with van der Waals surface area (Å²) in [6.07, 6.45) is 1.80. The summed E-state index contributed by atoms with van der Waals surface area (Å²) in [4.78, 5) is 37.8. The molecule has 0 radical (unpaired) electrons. The van der Waals surface area contributed by atoms with Gasteiger partial charge in [-0.25, -0.2) is 0 Å². The van der Waals surface area contributed by atoms with Gasteiger partial charge in [-0.1, -0.05) is 18.2 Å². The first kappa shape index (κ1) is 17.0. The molecule has 1 heterocycles. The number of rotatable bonds is 4. The Morgan fingerprint density at radius 1 is 1.16 bits per heavy atom. The fourth-order valence-electron chi connectivity index (χ4n) is 2.55. The Hall–Kier alpha value is -2.80. The molecule has 128 valence electrons. The number of hydrogen-bond donors (Lipinski definition) is 3. The monoisotopic (exact) mass is 355 g/mol. The topological polar surface area (TPSA) is 87.3 Å². The van der Waals surface area contributed by atoms with Gasteiger partial charge in [-0.15, -0.1) is 11.8 Å². The number of thioether (sulfide) groups is 1. The third-order valence-corrected chi connectivity index (χ3v) is 4.52. The van der Waals surface area contributed by atoms with Crippen molar-refractivity contribution in [3.63, 3.8) is 0 Å². The van der Waals surface area contributed by atoms with E-state index in [0.717, 1.165) is 4.90 Å². The summed E-state index contributed by atoms with van der Waals surface area (Å²) in [6, 6.07) is 13.2. The van der Waals surface area contributed by atoms with E-state index < -0.39 is 11.9 Å². The Kier molecular flexibility index (Phi) is 5.04. The summed E-state index contributed by atoms with van der Waals surface area (Å²) in [7, 11) is 0. The standard InChI is InChI=1S/C18H17N3O3S/c1-25-12-6-4-5-11(9-12)19-16(22)10-15-18(24)20-14-8-3-2-7-13(14)17(23)21-15/h2-9,15H,10H2,1H3,(H,19,22)(H,20,24)(H,21,23). The van der Waals surface area contributed by atoms with Crippen LogP contribution < -0.4 is 16.0 Å². The summed E-state index contributed by atoms with van der Waals surface area (Å²) in [5.41, 5.74) is 1.48. The normalized spacial score (nSPS) is 16.3. The number of nitrogens with one attached hydrogen (secondary N) is 3.